The standard InChI is InChI=1S/C20H24N2O4/c1-13-16(21-20(26-13)15-5-3-2-4-6-15)11-19(24)22-7-8-25-18-10-14(12-23)9-17(18)22/h2-6,14,17-18,23H,7-12H2,1H3/t14-,17+,18?/m1/s1. The predicted octanol–water partition coefficient (Wildman–Crippen LogP) is 2.19. The monoisotopic (exact) mass is 356 g/mol. The van der Waals surface area contributed by atoms with Crippen molar-refractivity contribution in [3.63, 3.8) is 0 Å². The number of aliphatic hydroxyl groups is 1. The third-order valence-corrected chi connectivity index (χ3v) is 5.44. The summed E-state index contributed by atoms with van der Waals surface area (Å²) in [6.45, 7) is 3.15. The molecule has 1 aliphatic carbocycles. The number of rotatable bonds is 4. The van der Waals surface area contributed by atoms with E-state index in [4.69, 9.17) is 9.15 Å². The van der Waals surface area contributed by atoms with Crippen LogP contribution in [0.15, 0.2) is 34.7 Å². The van der Waals surface area contributed by atoms with Gasteiger partial charge in [0.1, 0.15) is 5.76 Å². The molecule has 6 heteroatoms. The van der Waals surface area contributed by atoms with Gasteiger partial charge in [-0.15, -0.1) is 0 Å². The number of ether oxygens (including phenoxy) is 1. The second kappa shape index (κ2) is 7.21. The van der Waals surface area contributed by atoms with Crippen LogP contribution < -0.4 is 0 Å². The summed E-state index contributed by atoms with van der Waals surface area (Å²) in [4.78, 5) is 19.4. The zero-order valence-corrected chi connectivity index (χ0v) is 14.9. The van der Waals surface area contributed by atoms with Crippen molar-refractivity contribution in [1.82, 2.24) is 9.88 Å². The number of carbonyl (C=O) groups excluding carboxylic acids is 1. The molecule has 1 N–H and O–H groups in total. The Morgan fingerprint density at radius 2 is 2.12 bits per heavy atom. The number of aromatic nitrogens is 1. The third kappa shape index (κ3) is 3.27. The lowest BCUT2D eigenvalue weighted by atomic mass is 10.1. The molecule has 1 amide bonds. The van der Waals surface area contributed by atoms with Gasteiger partial charge in [0, 0.05) is 18.7 Å². The van der Waals surface area contributed by atoms with Crippen molar-refractivity contribution in [1.29, 1.82) is 0 Å². The highest BCUT2D eigenvalue weighted by Crippen LogP contribution is 2.34. The summed E-state index contributed by atoms with van der Waals surface area (Å²) in [5.74, 6) is 1.50. The van der Waals surface area contributed by atoms with Crippen LogP contribution in [0.1, 0.15) is 24.3 Å². The molecule has 1 aromatic heterocycles. The van der Waals surface area contributed by atoms with Crippen molar-refractivity contribution in [2.24, 2.45) is 5.92 Å². The topological polar surface area (TPSA) is 75.8 Å². The SMILES string of the molecule is Cc1oc(-c2ccccc2)nc1CC(=O)N1CCOC2C[C@H](CO)C[C@@H]21. The molecule has 2 fully saturated rings. The van der Waals surface area contributed by atoms with E-state index in [1.807, 2.05) is 42.2 Å². The fourth-order valence-corrected chi connectivity index (χ4v) is 4.05. The molecule has 1 saturated heterocycles. The summed E-state index contributed by atoms with van der Waals surface area (Å²) in [5.41, 5.74) is 1.59. The van der Waals surface area contributed by atoms with Gasteiger partial charge in [-0.1, -0.05) is 18.2 Å². The van der Waals surface area contributed by atoms with E-state index in [-0.39, 0.29) is 37.0 Å². The number of carbonyl (C=O) groups is 1. The van der Waals surface area contributed by atoms with Crippen LogP contribution in [0, 0.1) is 12.8 Å². The first kappa shape index (κ1) is 17.2. The second-order valence-electron chi connectivity index (χ2n) is 7.15. The number of aryl methyl sites for hydroxylation is 1. The Kier molecular flexibility index (Phi) is 4.78. The molecule has 1 unspecified atom stereocenters. The fourth-order valence-electron chi connectivity index (χ4n) is 4.05. The lowest BCUT2D eigenvalue weighted by Crippen LogP contribution is -2.51. The van der Waals surface area contributed by atoms with Crippen LogP contribution in [0.3, 0.4) is 0 Å². The average molecular weight is 356 g/mol. The number of nitrogens with zero attached hydrogens (tertiary/aromatic N) is 2. The van der Waals surface area contributed by atoms with Gasteiger partial charge in [-0.3, -0.25) is 4.79 Å². The van der Waals surface area contributed by atoms with Crippen molar-refractivity contribution in [3.8, 4) is 11.5 Å². The first-order chi connectivity index (χ1) is 12.7. The minimum atomic E-state index is 0.0446. The molecule has 2 aromatic rings. The molecule has 1 saturated carbocycles. The summed E-state index contributed by atoms with van der Waals surface area (Å²) < 4.78 is 11.6. The molecule has 138 valence electrons. The van der Waals surface area contributed by atoms with Crippen LogP contribution in [-0.4, -0.2) is 52.8 Å². The number of amides is 1. The fraction of sp³-hybridized carbons (Fsp3) is 0.500. The Morgan fingerprint density at radius 1 is 1.31 bits per heavy atom. The number of aliphatic hydroxyl groups excluding tert-OH is 1. The molecule has 4 rings (SSSR count). The van der Waals surface area contributed by atoms with Crippen molar-refractivity contribution in [2.75, 3.05) is 19.8 Å². The smallest absolute Gasteiger partial charge is 0.229 e. The van der Waals surface area contributed by atoms with Crippen molar-refractivity contribution in [3.05, 3.63) is 41.8 Å². The number of hydrogen-bond acceptors (Lipinski definition) is 5. The molecule has 3 atom stereocenters. The zero-order chi connectivity index (χ0) is 18.1. The third-order valence-electron chi connectivity index (χ3n) is 5.44. The van der Waals surface area contributed by atoms with Crippen molar-refractivity contribution >= 4 is 5.91 Å². The highest BCUT2D eigenvalue weighted by molar-refractivity contribution is 5.79. The Morgan fingerprint density at radius 3 is 2.88 bits per heavy atom. The van der Waals surface area contributed by atoms with Crippen molar-refractivity contribution in [2.45, 2.75) is 38.3 Å². The van der Waals surface area contributed by atoms with Gasteiger partial charge in [0.2, 0.25) is 11.8 Å². The van der Waals surface area contributed by atoms with Gasteiger partial charge in [-0.2, -0.15) is 0 Å². The summed E-state index contributed by atoms with van der Waals surface area (Å²) in [7, 11) is 0. The largest absolute Gasteiger partial charge is 0.441 e. The van der Waals surface area contributed by atoms with Crippen LogP contribution in [0.4, 0.5) is 0 Å². The maximum atomic E-state index is 12.9. The lowest BCUT2D eigenvalue weighted by Gasteiger charge is -2.37. The van der Waals surface area contributed by atoms with Crippen LogP contribution in [0.5, 0.6) is 0 Å². The predicted molar refractivity (Wildman–Crippen MR) is 95.4 cm³/mol. The molecule has 0 spiro atoms. The van der Waals surface area contributed by atoms with E-state index in [1.165, 1.54) is 0 Å². The molecule has 2 aliphatic rings. The summed E-state index contributed by atoms with van der Waals surface area (Å²) >= 11 is 0. The van der Waals surface area contributed by atoms with Gasteiger partial charge >= 0.3 is 0 Å². The van der Waals surface area contributed by atoms with Crippen LogP contribution >= 0.6 is 0 Å². The van der Waals surface area contributed by atoms with Crippen LogP contribution in [0.25, 0.3) is 11.5 Å². The van der Waals surface area contributed by atoms with Gasteiger partial charge in [0.15, 0.2) is 0 Å². The minimum absolute atomic E-state index is 0.0446. The van der Waals surface area contributed by atoms with Gasteiger partial charge < -0.3 is 19.2 Å². The minimum Gasteiger partial charge on any atom is -0.441 e. The van der Waals surface area contributed by atoms with E-state index in [1.54, 1.807) is 0 Å². The zero-order valence-electron chi connectivity index (χ0n) is 14.9. The highest BCUT2D eigenvalue weighted by atomic mass is 16.5. The number of benzene rings is 1. The van der Waals surface area contributed by atoms with Gasteiger partial charge in [0.05, 0.1) is 30.9 Å². The van der Waals surface area contributed by atoms with E-state index in [0.717, 1.165) is 18.4 Å². The summed E-state index contributed by atoms with van der Waals surface area (Å²) in [5, 5.41) is 9.44. The molecule has 6 nitrogen and oxygen atoms in total. The lowest BCUT2D eigenvalue weighted by molar-refractivity contribution is -0.143. The van der Waals surface area contributed by atoms with Gasteiger partial charge in [0.25, 0.3) is 0 Å². The quantitative estimate of drug-likeness (QED) is 0.909. The van der Waals surface area contributed by atoms with E-state index >= 15 is 0 Å². The first-order valence-corrected chi connectivity index (χ1v) is 9.19. The average Bonchev–Trinajstić information content (AvgIpc) is 3.25. The normalized spacial score (nSPS) is 25.3. The number of morpholine rings is 1. The molecule has 1 aromatic carbocycles. The molecule has 26 heavy (non-hydrogen) atoms. The van der Waals surface area contributed by atoms with Gasteiger partial charge in [-0.25, -0.2) is 4.98 Å². The van der Waals surface area contributed by atoms with E-state index in [0.29, 0.717) is 30.5 Å². The Labute approximate surface area is 152 Å². The molecule has 2 heterocycles. The molecule has 0 radical (unpaired) electrons. The second-order valence-corrected chi connectivity index (χ2v) is 7.15. The number of fused-ring (bicyclic) bond motifs is 1. The first-order valence-electron chi connectivity index (χ1n) is 9.19. The van der Waals surface area contributed by atoms with E-state index in [2.05, 4.69) is 4.98 Å². The van der Waals surface area contributed by atoms with E-state index in [9.17, 15) is 9.90 Å². The van der Waals surface area contributed by atoms with Crippen LogP contribution in [-0.2, 0) is 16.0 Å². The summed E-state index contributed by atoms with van der Waals surface area (Å²) in [6.07, 6.45) is 1.91. The maximum absolute atomic E-state index is 12.9. The number of oxazole rings is 1. The van der Waals surface area contributed by atoms with Crippen LogP contribution in [0.2, 0.25) is 0 Å². The highest BCUT2D eigenvalue weighted by Gasteiger charge is 2.42. The molecule has 1 aliphatic heterocycles. The van der Waals surface area contributed by atoms with E-state index < -0.39 is 0 Å². The summed E-state index contributed by atoms with van der Waals surface area (Å²) in [6, 6.07) is 9.76. The number of hydrogen-bond donors (Lipinski definition) is 1. The van der Waals surface area contributed by atoms with Gasteiger partial charge in [-0.05, 0) is 37.8 Å². The maximum Gasteiger partial charge on any atom is 0.229 e. The molecular formula is C20H24N2O4. The van der Waals surface area contributed by atoms with Crippen molar-refractivity contribution < 1.29 is 19.1 Å². The molecule has 0 bridgehead atoms. The Hall–Kier alpha value is -2.18. The Balaban J connectivity index is 1.49. The molecular weight excluding hydrogens is 332 g/mol. The Bertz CT molecular complexity index is 773.